The van der Waals surface area contributed by atoms with Crippen LogP contribution in [-0.2, 0) is 27.8 Å². The topological polar surface area (TPSA) is 63.2 Å². The molecule has 2 rings (SSSR count). The second-order valence-electron chi connectivity index (χ2n) is 4.69. The van der Waals surface area contributed by atoms with Gasteiger partial charge in [-0.25, -0.2) is 0 Å². The number of benzene rings is 1. The molecule has 22 heavy (non-hydrogen) atoms. The van der Waals surface area contributed by atoms with Crippen LogP contribution in [0.4, 0.5) is 0 Å². The van der Waals surface area contributed by atoms with Crippen LogP contribution in [-0.4, -0.2) is 37.3 Å². The van der Waals surface area contributed by atoms with Gasteiger partial charge in [0.1, 0.15) is 24.4 Å². The highest BCUT2D eigenvalue weighted by atomic mass is 31.0. The third kappa shape index (κ3) is 4.29. The summed E-state index contributed by atoms with van der Waals surface area (Å²) in [6.45, 7) is 0.306. The molecule has 0 spiro atoms. The van der Waals surface area contributed by atoms with Crippen molar-refractivity contribution in [2.45, 2.75) is 30.7 Å². The largest absolute Gasteiger partial charge is 0.357 e. The van der Waals surface area contributed by atoms with E-state index in [4.69, 9.17) is 23.0 Å². The van der Waals surface area contributed by atoms with Crippen LogP contribution in [0.1, 0.15) is 11.9 Å². The Labute approximate surface area is 136 Å². The first-order valence-electron chi connectivity index (χ1n) is 6.59. The molecular formula is C13H19O6P3. The summed E-state index contributed by atoms with van der Waals surface area (Å²) in [6.07, 6.45) is -2.28. The van der Waals surface area contributed by atoms with Gasteiger partial charge in [-0.05, 0) is 0 Å². The number of ether oxygens (including phenoxy) is 2. The van der Waals surface area contributed by atoms with Crippen molar-refractivity contribution in [1.29, 1.82) is 0 Å². The van der Waals surface area contributed by atoms with E-state index >= 15 is 0 Å². The van der Waals surface area contributed by atoms with Gasteiger partial charge in [-0.2, -0.15) is 0 Å². The molecule has 1 aliphatic heterocycles. The second kappa shape index (κ2) is 9.32. The van der Waals surface area contributed by atoms with Crippen LogP contribution in [0, 0.1) is 0 Å². The molecule has 0 bridgehead atoms. The van der Waals surface area contributed by atoms with Crippen molar-refractivity contribution in [2.24, 2.45) is 0 Å². The summed E-state index contributed by atoms with van der Waals surface area (Å²) in [5.41, 5.74) is 0.881. The van der Waals surface area contributed by atoms with E-state index < -0.39 is 30.7 Å². The zero-order valence-electron chi connectivity index (χ0n) is 11.7. The molecule has 1 fully saturated rings. The molecular weight excluding hydrogens is 345 g/mol. The Morgan fingerprint density at radius 2 is 1.91 bits per heavy atom. The molecule has 9 heteroatoms. The van der Waals surface area contributed by atoms with Gasteiger partial charge in [0.05, 0.1) is 6.61 Å². The van der Waals surface area contributed by atoms with Crippen molar-refractivity contribution in [3.63, 3.8) is 0 Å². The normalized spacial score (nSPS) is 28.0. The van der Waals surface area contributed by atoms with Crippen LogP contribution in [0.15, 0.2) is 30.3 Å². The SMILES string of the molecule is O=C[C@@H](OP)[C@@H](OP)[C@@H]1OC(c2ccccc2)OC[C@H]1OP. The minimum absolute atomic E-state index is 0.306. The Kier molecular flexibility index (Phi) is 7.76. The maximum Gasteiger partial charge on any atom is 0.184 e. The Morgan fingerprint density at radius 3 is 2.45 bits per heavy atom. The highest BCUT2D eigenvalue weighted by molar-refractivity contribution is 7.10. The van der Waals surface area contributed by atoms with Gasteiger partial charge < -0.3 is 27.8 Å². The van der Waals surface area contributed by atoms with Crippen molar-refractivity contribution in [3.05, 3.63) is 35.9 Å². The van der Waals surface area contributed by atoms with Crippen LogP contribution < -0.4 is 0 Å². The van der Waals surface area contributed by atoms with Crippen molar-refractivity contribution in [3.8, 4) is 0 Å². The van der Waals surface area contributed by atoms with Gasteiger partial charge in [0.25, 0.3) is 0 Å². The van der Waals surface area contributed by atoms with Gasteiger partial charge in [0.2, 0.25) is 0 Å². The molecule has 1 saturated heterocycles. The quantitative estimate of drug-likeness (QED) is 0.543. The molecule has 1 aromatic rings. The van der Waals surface area contributed by atoms with E-state index in [2.05, 4.69) is 28.4 Å². The predicted molar refractivity (Wildman–Crippen MR) is 89.8 cm³/mol. The average Bonchev–Trinajstić information content (AvgIpc) is 2.59. The van der Waals surface area contributed by atoms with Gasteiger partial charge in [-0.3, -0.25) is 0 Å². The molecule has 0 radical (unpaired) electrons. The number of hydrogen-bond acceptors (Lipinski definition) is 6. The van der Waals surface area contributed by atoms with Crippen LogP contribution >= 0.6 is 28.4 Å². The molecule has 1 heterocycles. The molecule has 0 aliphatic carbocycles. The molecule has 4 unspecified atom stereocenters. The van der Waals surface area contributed by atoms with Gasteiger partial charge in [-0.15, -0.1) is 0 Å². The maximum absolute atomic E-state index is 11.2. The average molecular weight is 364 g/mol. The monoisotopic (exact) mass is 364 g/mol. The number of hydrogen-bond donors (Lipinski definition) is 0. The summed E-state index contributed by atoms with van der Waals surface area (Å²) >= 11 is 0. The lowest BCUT2D eigenvalue weighted by atomic mass is 10.0. The first-order chi connectivity index (χ1) is 10.7. The van der Waals surface area contributed by atoms with E-state index in [1.165, 1.54) is 0 Å². The molecule has 1 aromatic carbocycles. The van der Waals surface area contributed by atoms with Crippen LogP contribution in [0.5, 0.6) is 0 Å². The number of aldehydes is 1. The molecule has 0 N–H and O–H groups in total. The third-order valence-electron chi connectivity index (χ3n) is 3.40. The Balaban J connectivity index is 2.19. The Morgan fingerprint density at radius 1 is 1.18 bits per heavy atom. The number of carbonyl (C=O) groups excluding carboxylic acids is 1. The van der Waals surface area contributed by atoms with Crippen LogP contribution in [0.3, 0.4) is 0 Å². The van der Waals surface area contributed by atoms with E-state index in [1.54, 1.807) is 0 Å². The fourth-order valence-corrected chi connectivity index (χ4v) is 3.03. The molecule has 8 atom stereocenters. The minimum Gasteiger partial charge on any atom is -0.357 e. The summed E-state index contributed by atoms with van der Waals surface area (Å²) in [5, 5.41) is 0. The third-order valence-corrected chi connectivity index (χ3v) is 4.38. The highest BCUT2D eigenvalue weighted by Gasteiger charge is 2.42. The summed E-state index contributed by atoms with van der Waals surface area (Å²) < 4.78 is 27.4. The zero-order valence-corrected chi connectivity index (χ0v) is 15.2. The zero-order chi connectivity index (χ0) is 15.9. The van der Waals surface area contributed by atoms with Crippen molar-refractivity contribution >= 4 is 34.7 Å². The fourth-order valence-electron chi connectivity index (χ4n) is 2.27. The standard InChI is InChI=1S/C13H19O6P3/c14-6-9(17-20)12(19-22)11-10(18-21)7-15-13(16-11)8-4-2-1-3-5-8/h1-6,9-13H,7,20-22H2/t9-,10-,11-,12-,13?/m1/s1. The van der Waals surface area contributed by atoms with Gasteiger partial charge in [-0.1, -0.05) is 30.3 Å². The highest BCUT2D eigenvalue weighted by Crippen LogP contribution is 2.32. The summed E-state index contributed by atoms with van der Waals surface area (Å²) in [5.74, 6) is 0. The lowest BCUT2D eigenvalue weighted by Crippen LogP contribution is -2.52. The van der Waals surface area contributed by atoms with Crippen molar-refractivity contribution in [2.75, 3.05) is 6.61 Å². The lowest BCUT2D eigenvalue weighted by molar-refractivity contribution is -0.270. The first kappa shape index (κ1) is 18.3. The molecule has 0 aromatic heterocycles. The molecule has 0 amide bonds. The van der Waals surface area contributed by atoms with Gasteiger partial charge in [0.15, 0.2) is 12.6 Å². The Bertz CT molecular complexity index is 462. The van der Waals surface area contributed by atoms with Crippen LogP contribution in [0.25, 0.3) is 0 Å². The van der Waals surface area contributed by atoms with Crippen molar-refractivity contribution < 1.29 is 27.8 Å². The van der Waals surface area contributed by atoms with E-state index in [9.17, 15) is 4.79 Å². The Hall–Kier alpha value is -0.0200. The molecule has 0 saturated carbocycles. The molecule has 122 valence electrons. The summed E-state index contributed by atoms with van der Waals surface area (Å²) in [6, 6.07) is 9.53. The fraction of sp³-hybridized carbons (Fsp3) is 0.462. The molecule has 1 aliphatic rings. The predicted octanol–water partition coefficient (Wildman–Crippen LogP) is 1.83. The van der Waals surface area contributed by atoms with E-state index in [0.717, 1.165) is 5.56 Å². The maximum atomic E-state index is 11.2. The smallest absolute Gasteiger partial charge is 0.184 e. The van der Waals surface area contributed by atoms with Crippen LogP contribution in [0.2, 0.25) is 0 Å². The number of carbonyl (C=O) groups is 1. The van der Waals surface area contributed by atoms with Gasteiger partial charge >= 0.3 is 0 Å². The first-order valence-corrected chi connectivity index (χ1v) is 8.00. The summed E-state index contributed by atoms with van der Waals surface area (Å²) in [4.78, 5) is 11.2. The number of rotatable bonds is 7. The van der Waals surface area contributed by atoms with E-state index in [0.29, 0.717) is 12.9 Å². The lowest BCUT2D eigenvalue weighted by Gasteiger charge is -2.40. The second-order valence-corrected chi connectivity index (χ2v) is 5.51. The van der Waals surface area contributed by atoms with Gasteiger partial charge in [0, 0.05) is 34.0 Å². The molecule has 6 nitrogen and oxygen atoms in total. The summed E-state index contributed by atoms with van der Waals surface area (Å²) in [7, 11) is 6.38. The van der Waals surface area contributed by atoms with Crippen molar-refractivity contribution in [1.82, 2.24) is 0 Å². The minimum atomic E-state index is -0.801. The van der Waals surface area contributed by atoms with E-state index in [1.807, 2.05) is 30.3 Å². The van der Waals surface area contributed by atoms with E-state index in [-0.39, 0.29) is 0 Å².